The second kappa shape index (κ2) is 5.55. The maximum absolute atomic E-state index is 12.1. The third kappa shape index (κ3) is 2.74. The van der Waals surface area contributed by atoms with Crippen LogP contribution in [0, 0.1) is 6.92 Å². The fraction of sp³-hybridized carbons (Fsp3) is 0.0714. The van der Waals surface area contributed by atoms with Gasteiger partial charge in [-0.15, -0.1) is 0 Å². The molecule has 0 fully saturated rings. The molecule has 0 unspecified atom stereocenters. The number of carbonyl (C=O) groups excluding carboxylic acids is 1. The van der Waals surface area contributed by atoms with Crippen LogP contribution in [-0.2, 0) is 0 Å². The summed E-state index contributed by atoms with van der Waals surface area (Å²) in [5.74, 6) is -0.207. The lowest BCUT2D eigenvalue weighted by Gasteiger charge is -2.10. The van der Waals surface area contributed by atoms with Gasteiger partial charge >= 0.3 is 0 Å². The molecule has 0 aliphatic heterocycles. The van der Waals surface area contributed by atoms with E-state index in [-0.39, 0.29) is 5.91 Å². The largest absolute Gasteiger partial charge is 0.322 e. The van der Waals surface area contributed by atoms with Crippen LogP contribution in [0.1, 0.15) is 15.9 Å². The standard InChI is InChI=1S/C14H11BrClNO/c1-9-11(15)6-4-8-13(9)17-14(18)10-5-2-3-7-12(10)16/h2-8H,1H3,(H,17,18). The van der Waals surface area contributed by atoms with Crippen molar-refractivity contribution in [1.29, 1.82) is 0 Å². The lowest BCUT2D eigenvalue weighted by atomic mass is 10.1. The maximum atomic E-state index is 12.1. The zero-order valence-corrected chi connectivity index (χ0v) is 12.0. The van der Waals surface area contributed by atoms with Crippen LogP contribution in [0.5, 0.6) is 0 Å². The molecule has 1 N–H and O–H groups in total. The van der Waals surface area contributed by atoms with Crippen molar-refractivity contribution in [1.82, 2.24) is 0 Å². The van der Waals surface area contributed by atoms with Crippen molar-refractivity contribution >= 4 is 39.1 Å². The predicted molar refractivity (Wildman–Crippen MR) is 78.3 cm³/mol. The molecule has 2 rings (SSSR count). The monoisotopic (exact) mass is 323 g/mol. The summed E-state index contributed by atoms with van der Waals surface area (Å²) in [7, 11) is 0. The van der Waals surface area contributed by atoms with Crippen LogP contribution in [0.3, 0.4) is 0 Å². The maximum Gasteiger partial charge on any atom is 0.257 e. The second-order valence-electron chi connectivity index (χ2n) is 3.85. The first kappa shape index (κ1) is 13.1. The first-order valence-corrected chi connectivity index (χ1v) is 6.57. The van der Waals surface area contributed by atoms with E-state index in [0.717, 1.165) is 15.7 Å². The average molecular weight is 325 g/mol. The van der Waals surface area contributed by atoms with Crippen LogP contribution in [-0.4, -0.2) is 5.91 Å². The van der Waals surface area contributed by atoms with Gasteiger partial charge in [-0.1, -0.05) is 45.7 Å². The van der Waals surface area contributed by atoms with Crippen LogP contribution in [0.25, 0.3) is 0 Å². The minimum atomic E-state index is -0.207. The molecule has 0 spiro atoms. The van der Waals surface area contributed by atoms with Gasteiger partial charge in [0.25, 0.3) is 5.91 Å². The van der Waals surface area contributed by atoms with Crippen LogP contribution in [0.4, 0.5) is 5.69 Å². The van der Waals surface area contributed by atoms with E-state index >= 15 is 0 Å². The van der Waals surface area contributed by atoms with Crippen molar-refractivity contribution in [2.75, 3.05) is 5.32 Å². The fourth-order valence-electron chi connectivity index (χ4n) is 1.58. The predicted octanol–water partition coefficient (Wildman–Crippen LogP) is 4.66. The Morgan fingerprint density at radius 1 is 1.17 bits per heavy atom. The van der Waals surface area contributed by atoms with Crippen LogP contribution in [0.15, 0.2) is 46.9 Å². The normalized spacial score (nSPS) is 10.2. The van der Waals surface area contributed by atoms with Gasteiger partial charge in [-0.25, -0.2) is 0 Å². The number of rotatable bonds is 2. The molecule has 0 bridgehead atoms. The van der Waals surface area contributed by atoms with Crippen molar-refractivity contribution in [3.05, 3.63) is 63.1 Å². The number of hydrogen-bond donors (Lipinski definition) is 1. The number of halogens is 2. The topological polar surface area (TPSA) is 29.1 Å². The van der Waals surface area contributed by atoms with Gasteiger partial charge in [0.1, 0.15) is 0 Å². The SMILES string of the molecule is Cc1c(Br)cccc1NC(=O)c1ccccc1Cl. The molecule has 1 amide bonds. The Hall–Kier alpha value is -1.32. The minimum Gasteiger partial charge on any atom is -0.322 e. The van der Waals surface area contributed by atoms with Gasteiger partial charge in [-0.2, -0.15) is 0 Å². The Bertz CT molecular complexity index is 598. The Balaban J connectivity index is 2.27. The summed E-state index contributed by atoms with van der Waals surface area (Å²) in [5.41, 5.74) is 2.23. The molecular weight excluding hydrogens is 314 g/mol. The van der Waals surface area contributed by atoms with Gasteiger partial charge < -0.3 is 5.32 Å². The van der Waals surface area contributed by atoms with Crippen LogP contribution >= 0.6 is 27.5 Å². The van der Waals surface area contributed by atoms with Gasteiger partial charge in [0, 0.05) is 10.2 Å². The number of nitrogens with one attached hydrogen (secondary N) is 1. The van der Waals surface area contributed by atoms with Crippen molar-refractivity contribution in [2.24, 2.45) is 0 Å². The zero-order chi connectivity index (χ0) is 13.1. The second-order valence-corrected chi connectivity index (χ2v) is 5.11. The summed E-state index contributed by atoms with van der Waals surface area (Å²) in [5, 5.41) is 3.30. The summed E-state index contributed by atoms with van der Waals surface area (Å²) >= 11 is 9.42. The highest BCUT2D eigenvalue weighted by Crippen LogP contribution is 2.24. The van der Waals surface area contributed by atoms with Crippen molar-refractivity contribution in [3.8, 4) is 0 Å². The third-order valence-electron chi connectivity index (χ3n) is 2.63. The highest BCUT2D eigenvalue weighted by atomic mass is 79.9. The quantitative estimate of drug-likeness (QED) is 0.855. The molecule has 2 aromatic rings. The number of amides is 1. The highest BCUT2D eigenvalue weighted by molar-refractivity contribution is 9.10. The fourth-order valence-corrected chi connectivity index (χ4v) is 2.17. The van der Waals surface area contributed by atoms with E-state index in [1.54, 1.807) is 24.3 Å². The van der Waals surface area contributed by atoms with E-state index in [2.05, 4.69) is 21.2 Å². The van der Waals surface area contributed by atoms with Gasteiger partial charge in [0.15, 0.2) is 0 Å². The Morgan fingerprint density at radius 2 is 1.89 bits per heavy atom. The molecule has 0 aliphatic rings. The van der Waals surface area contributed by atoms with Crippen molar-refractivity contribution < 1.29 is 4.79 Å². The van der Waals surface area contributed by atoms with Gasteiger partial charge in [0.05, 0.1) is 10.6 Å². The number of carbonyl (C=O) groups is 1. The molecule has 2 nitrogen and oxygen atoms in total. The van der Waals surface area contributed by atoms with Gasteiger partial charge in [-0.3, -0.25) is 4.79 Å². The summed E-state index contributed by atoms with van der Waals surface area (Å²) < 4.78 is 0.958. The van der Waals surface area contributed by atoms with E-state index in [1.807, 2.05) is 25.1 Å². The molecule has 0 atom stereocenters. The Morgan fingerprint density at radius 3 is 2.61 bits per heavy atom. The molecule has 0 aromatic heterocycles. The molecule has 4 heteroatoms. The first-order valence-electron chi connectivity index (χ1n) is 5.40. The summed E-state index contributed by atoms with van der Waals surface area (Å²) in [6, 6.07) is 12.6. The molecule has 18 heavy (non-hydrogen) atoms. The first-order chi connectivity index (χ1) is 8.59. The summed E-state index contributed by atoms with van der Waals surface area (Å²) in [6.07, 6.45) is 0. The van der Waals surface area contributed by atoms with Crippen LogP contribution in [0.2, 0.25) is 5.02 Å². The number of anilines is 1. The molecule has 0 saturated heterocycles. The van der Waals surface area contributed by atoms with Crippen molar-refractivity contribution in [2.45, 2.75) is 6.92 Å². The van der Waals surface area contributed by atoms with Gasteiger partial charge in [-0.05, 0) is 36.8 Å². The summed E-state index contributed by atoms with van der Waals surface area (Å²) in [6.45, 7) is 1.94. The van der Waals surface area contributed by atoms with E-state index in [4.69, 9.17) is 11.6 Å². The van der Waals surface area contributed by atoms with Crippen molar-refractivity contribution in [3.63, 3.8) is 0 Å². The Labute approximate surface area is 119 Å². The smallest absolute Gasteiger partial charge is 0.257 e. The van der Waals surface area contributed by atoms with E-state index in [9.17, 15) is 4.79 Å². The van der Waals surface area contributed by atoms with E-state index in [1.165, 1.54) is 0 Å². The lowest BCUT2D eigenvalue weighted by Crippen LogP contribution is -2.13. The third-order valence-corrected chi connectivity index (χ3v) is 3.82. The highest BCUT2D eigenvalue weighted by Gasteiger charge is 2.11. The summed E-state index contributed by atoms with van der Waals surface area (Å²) in [4.78, 5) is 12.1. The molecule has 0 aliphatic carbocycles. The molecular formula is C14H11BrClNO. The van der Waals surface area contributed by atoms with Crippen LogP contribution < -0.4 is 5.32 Å². The molecule has 0 saturated carbocycles. The Kier molecular flexibility index (Phi) is 4.04. The zero-order valence-electron chi connectivity index (χ0n) is 9.71. The minimum absolute atomic E-state index is 0.207. The van der Waals surface area contributed by atoms with E-state index in [0.29, 0.717) is 10.6 Å². The molecule has 2 aromatic carbocycles. The van der Waals surface area contributed by atoms with E-state index < -0.39 is 0 Å². The molecule has 92 valence electrons. The van der Waals surface area contributed by atoms with Gasteiger partial charge in [0.2, 0.25) is 0 Å². The lowest BCUT2D eigenvalue weighted by molar-refractivity contribution is 0.102. The average Bonchev–Trinajstić information content (AvgIpc) is 2.35. The molecule has 0 radical (unpaired) electrons. The number of hydrogen-bond acceptors (Lipinski definition) is 1. The molecule has 0 heterocycles. The number of benzene rings is 2.